The maximum Gasteiger partial charge on any atom is 0.323 e. The van der Waals surface area contributed by atoms with E-state index >= 15 is 0 Å². The standard InChI is InChI=1S/C12H13BrN2O6/c1-21-5-4-14(7-11(16)17)12(18)9-6-8(15(19)20)2-3-10(9)13/h2-3,6H,4-5,7H2,1H3,(H,16,17). The molecule has 1 N–H and O–H groups in total. The molecule has 21 heavy (non-hydrogen) atoms. The molecule has 0 saturated carbocycles. The predicted octanol–water partition coefficient (Wildman–Crippen LogP) is 1.53. The van der Waals surface area contributed by atoms with Gasteiger partial charge in [0.2, 0.25) is 0 Å². The molecule has 8 nitrogen and oxygen atoms in total. The maximum atomic E-state index is 12.3. The van der Waals surface area contributed by atoms with Crippen molar-refractivity contribution < 1.29 is 24.4 Å². The summed E-state index contributed by atoms with van der Waals surface area (Å²) in [4.78, 5) is 34.3. The molecule has 0 unspecified atom stereocenters. The van der Waals surface area contributed by atoms with Crippen molar-refractivity contribution in [1.29, 1.82) is 0 Å². The Morgan fingerprint density at radius 1 is 1.48 bits per heavy atom. The number of carboxylic acids is 1. The Morgan fingerprint density at radius 2 is 2.14 bits per heavy atom. The first kappa shape index (κ1) is 17.1. The topological polar surface area (TPSA) is 110 Å². The van der Waals surface area contributed by atoms with E-state index in [9.17, 15) is 19.7 Å². The lowest BCUT2D eigenvalue weighted by molar-refractivity contribution is -0.384. The van der Waals surface area contributed by atoms with Crippen LogP contribution in [0, 0.1) is 10.1 Å². The number of amides is 1. The van der Waals surface area contributed by atoms with Crippen LogP contribution >= 0.6 is 15.9 Å². The fourth-order valence-corrected chi connectivity index (χ4v) is 1.99. The minimum absolute atomic E-state index is 0.0292. The molecule has 0 aromatic heterocycles. The van der Waals surface area contributed by atoms with Gasteiger partial charge < -0.3 is 14.7 Å². The van der Waals surface area contributed by atoms with E-state index in [2.05, 4.69) is 15.9 Å². The second-order valence-corrected chi connectivity index (χ2v) is 4.89. The summed E-state index contributed by atoms with van der Waals surface area (Å²) in [6.45, 7) is -0.292. The first-order valence-electron chi connectivity index (χ1n) is 5.80. The number of nitro groups is 1. The lowest BCUT2D eigenvalue weighted by Gasteiger charge is -2.20. The Bertz CT molecular complexity index is 563. The van der Waals surface area contributed by atoms with E-state index in [4.69, 9.17) is 9.84 Å². The molecule has 1 rings (SSSR count). The number of hydrogen-bond acceptors (Lipinski definition) is 5. The van der Waals surface area contributed by atoms with Gasteiger partial charge in [-0.3, -0.25) is 19.7 Å². The van der Waals surface area contributed by atoms with Crippen LogP contribution in [0.4, 0.5) is 5.69 Å². The number of carboxylic acid groups (broad SMARTS) is 1. The van der Waals surface area contributed by atoms with Crippen molar-refractivity contribution in [1.82, 2.24) is 4.90 Å². The zero-order valence-corrected chi connectivity index (χ0v) is 12.7. The highest BCUT2D eigenvalue weighted by Gasteiger charge is 2.22. The summed E-state index contributed by atoms with van der Waals surface area (Å²) in [5.74, 6) is -1.80. The zero-order valence-electron chi connectivity index (χ0n) is 11.1. The number of aliphatic carboxylic acids is 1. The average Bonchev–Trinajstić information content (AvgIpc) is 2.42. The number of halogens is 1. The molecule has 0 saturated heterocycles. The van der Waals surface area contributed by atoms with E-state index in [1.165, 1.54) is 19.2 Å². The molecule has 0 atom stereocenters. The lowest BCUT2D eigenvalue weighted by atomic mass is 10.1. The third-order valence-electron chi connectivity index (χ3n) is 2.57. The highest BCUT2D eigenvalue weighted by atomic mass is 79.9. The molecule has 0 radical (unpaired) electrons. The van der Waals surface area contributed by atoms with Crippen molar-refractivity contribution in [2.45, 2.75) is 0 Å². The largest absolute Gasteiger partial charge is 0.480 e. The molecule has 0 aliphatic carbocycles. The molecule has 0 aliphatic rings. The first-order valence-corrected chi connectivity index (χ1v) is 6.60. The van der Waals surface area contributed by atoms with Gasteiger partial charge in [0.1, 0.15) is 6.54 Å². The third-order valence-corrected chi connectivity index (χ3v) is 3.26. The van der Waals surface area contributed by atoms with Crippen molar-refractivity contribution in [3.8, 4) is 0 Å². The highest BCUT2D eigenvalue weighted by Crippen LogP contribution is 2.23. The Balaban J connectivity index is 3.09. The second kappa shape index (κ2) is 7.70. The van der Waals surface area contributed by atoms with Crippen LogP contribution < -0.4 is 0 Å². The summed E-state index contributed by atoms with van der Waals surface area (Å²) in [5.41, 5.74) is -0.217. The van der Waals surface area contributed by atoms with Crippen LogP contribution in [0.1, 0.15) is 10.4 Å². The van der Waals surface area contributed by atoms with Crippen LogP contribution in [0.15, 0.2) is 22.7 Å². The van der Waals surface area contributed by atoms with Crippen LogP contribution in [0.2, 0.25) is 0 Å². The van der Waals surface area contributed by atoms with Gasteiger partial charge >= 0.3 is 5.97 Å². The Hall–Kier alpha value is -2.00. The van der Waals surface area contributed by atoms with Crippen LogP contribution in [-0.2, 0) is 9.53 Å². The number of nitro benzene ring substituents is 1. The number of benzene rings is 1. The van der Waals surface area contributed by atoms with Crippen LogP contribution in [0.25, 0.3) is 0 Å². The summed E-state index contributed by atoms with van der Waals surface area (Å²) >= 11 is 3.13. The Labute approximate surface area is 128 Å². The quantitative estimate of drug-likeness (QED) is 0.583. The third kappa shape index (κ3) is 4.80. The minimum Gasteiger partial charge on any atom is -0.480 e. The molecule has 0 spiro atoms. The number of hydrogen-bond donors (Lipinski definition) is 1. The van der Waals surface area contributed by atoms with E-state index in [1.54, 1.807) is 0 Å². The number of rotatable bonds is 7. The van der Waals surface area contributed by atoms with E-state index < -0.39 is 23.3 Å². The van der Waals surface area contributed by atoms with Crippen molar-refractivity contribution >= 4 is 33.5 Å². The van der Waals surface area contributed by atoms with Gasteiger partial charge in [0, 0.05) is 30.3 Å². The van der Waals surface area contributed by atoms with Crippen LogP contribution in [0.5, 0.6) is 0 Å². The summed E-state index contributed by atoms with van der Waals surface area (Å²) in [7, 11) is 1.42. The fraction of sp³-hybridized carbons (Fsp3) is 0.333. The highest BCUT2D eigenvalue weighted by molar-refractivity contribution is 9.10. The van der Waals surface area contributed by atoms with E-state index in [1.807, 2.05) is 0 Å². The average molecular weight is 361 g/mol. The van der Waals surface area contributed by atoms with Crippen molar-refractivity contribution in [2.24, 2.45) is 0 Å². The van der Waals surface area contributed by atoms with Gasteiger partial charge in [-0.15, -0.1) is 0 Å². The number of nitrogens with zero attached hydrogens (tertiary/aromatic N) is 2. The van der Waals surface area contributed by atoms with Gasteiger partial charge in [0.25, 0.3) is 11.6 Å². The molecule has 0 heterocycles. The van der Waals surface area contributed by atoms with Crippen molar-refractivity contribution in [3.63, 3.8) is 0 Å². The Kier molecular flexibility index (Phi) is 6.25. The van der Waals surface area contributed by atoms with Crippen molar-refractivity contribution in [2.75, 3.05) is 26.8 Å². The SMILES string of the molecule is COCCN(CC(=O)O)C(=O)c1cc([N+](=O)[O-])ccc1Br. The molecular weight excluding hydrogens is 348 g/mol. The van der Waals surface area contributed by atoms with E-state index in [0.29, 0.717) is 4.47 Å². The number of methoxy groups -OCH3 is 1. The predicted molar refractivity (Wildman–Crippen MR) is 76.2 cm³/mol. The second-order valence-electron chi connectivity index (χ2n) is 4.03. The molecule has 1 amide bonds. The molecule has 1 aromatic rings. The summed E-state index contributed by atoms with van der Waals surface area (Å²) < 4.78 is 5.18. The van der Waals surface area contributed by atoms with Gasteiger partial charge in [-0.2, -0.15) is 0 Å². The van der Waals surface area contributed by atoms with Crippen molar-refractivity contribution in [3.05, 3.63) is 38.3 Å². The Morgan fingerprint density at radius 3 is 2.67 bits per heavy atom. The smallest absolute Gasteiger partial charge is 0.323 e. The molecule has 0 aliphatic heterocycles. The van der Waals surface area contributed by atoms with Gasteiger partial charge in [-0.1, -0.05) is 0 Å². The fourth-order valence-electron chi connectivity index (χ4n) is 1.58. The van der Waals surface area contributed by atoms with Crippen LogP contribution in [-0.4, -0.2) is 53.6 Å². The van der Waals surface area contributed by atoms with Gasteiger partial charge in [-0.25, -0.2) is 0 Å². The molecule has 114 valence electrons. The molecule has 1 aromatic carbocycles. The normalized spacial score (nSPS) is 10.2. The van der Waals surface area contributed by atoms with E-state index in [-0.39, 0.29) is 24.4 Å². The lowest BCUT2D eigenvalue weighted by Crippen LogP contribution is -2.38. The van der Waals surface area contributed by atoms with E-state index in [0.717, 1.165) is 11.0 Å². The number of non-ortho nitro benzene ring substituents is 1. The monoisotopic (exact) mass is 360 g/mol. The first-order chi connectivity index (χ1) is 9.86. The summed E-state index contributed by atoms with van der Waals surface area (Å²) in [6.07, 6.45) is 0. The van der Waals surface area contributed by atoms with Gasteiger partial charge in [0.05, 0.1) is 17.1 Å². The molecule has 9 heteroatoms. The van der Waals surface area contributed by atoms with Gasteiger partial charge in [0.15, 0.2) is 0 Å². The minimum atomic E-state index is -1.18. The number of carbonyl (C=O) groups is 2. The number of ether oxygens (including phenoxy) is 1. The van der Waals surface area contributed by atoms with Crippen LogP contribution in [0.3, 0.4) is 0 Å². The summed E-state index contributed by atoms with van der Waals surface area (Å²) in [6, 6.07) is 3.73. The molecule has 0 fully saturated rings. The van der Waals surface area contributed by atoms with Gasteiger partial charge in [-0.05, 0) is 22.0 Å². The maximum absolute atomic E-state index is 12.3. The zero-order chi connectivity index (χ0) is 16.0. The number of carbonyl (C=O) groups excluding carboxylic acids is 1. The molecule has 0 bridgehead atoms. The molecular formula is C12H13BrN2O6. The summed E-state index contributed by atoms with van der Waals surface area (Å²) in [5, 5.41) is 19.6.